The lowest BCUT2D eigenvalue weighted by atomic mass is 9.78. The zero-order valence-electron chi connectivity index (χ0n) is 44.3. The molecule has 3 N–H and O–H groups in total. The van der Waals surface area contributed by atoms with Gasteiger partial charge in [-0.3, -0.25) is 19.2 Å². The quantitative estimate of drug-likeness (QED) is 0.128. The molecular weight excluding hydrogens is 938 g/mol. The number of esters is 1. The minimum absolute atomic E-state index is 0.0151. The van der Waals surface area contributed by atoms with Gasteiger partial charge < -0.3 is 39.2 Å². The van der Waals surface area contributed by atoms with Crippen LogP contribution in [0.25, 0.3) is 0 Å². The van der Waals surface area contributed by atoms with E-state index in [4.69, 9.17) is 30.5 Å². The number of methoxy groups -OCH3 is 2. The summed E-state index contributed by atoms with van der Waals surface area (Å²) in [6.07, 6.45) is 13.7. The van der Waals surface area contributed by atoms with Crippen molar-refractivity contribution in [1.29, 1.82) is 0 Å². The van der Waals surface area contributed by atoms with Crippen molar-refractivity contribution < 1.29 is 58.2 Å². The summed E-state index contributed by atoms with van der Waals surface area (Å²) < 4.78 is 23.9. The van der Waals surface area contributed by atoms with E-state index in [1.165, 1.54) is 12.0 Å². The van der Waals surface area contributed by atoms with E-state index in [0.29, 0.717) is 68.4 Å². The van der Waals surface area contributed by atoms with Crippen LogP contribution in [0.15, 0.2) is 71.9 Å². The molecule has 1 aromatic rings. The maximum Gasteiger partial charge on any atom is 0.329 e. The van der Waals surface area contributed by atoms with Gasteiger partial charge in [-0.1, -0.05) is 100 Å². The van der Waals surface area contributed by atoms with Crippen LogP contribution < -0.4 is 0 Å². The van der Waals surface area contributed by atoms with Crippen LogP contribution in [-0.2, 0) is 49.3 Å². The normalized spacial score (nSPS) is 37.6. The van der Waals surface area contributed by atoms with Crippen LogP contribution in [0.1, 0.15) is 138 Å². The Morgan fingerprint density at radius 2 is 1.58 bits per heavy atom. The van der Waals surface area contributed by atoms with Crippen LogP contribution in [0, 0.1) is 41.4 Å². The number of allylic oxidation sites excluding steroid dienone is 7. The predicted octanol–water partition coefficient (Wildman–Crippen LogP) is 9.07. The Balaban J connectivity index is 1.49. The fraction of sp³-hybridized carbons (Fsp3) is 0.672. The summed E-state index contributed by atoms with van der Waals surface area (Å²) in [5.41, 5.74) is 2.57. The van der Waals surface area contributed by atoms with Gasteiger partial charge in [-0.25, -0.2) is 4.79 Å². The third-order valence-corrected chi connectivity index (χ3v) is 16.3. The van der Waals surface area contributed by atoms with Crippen LogP contribution in [0.3, 0.4) is 0 Å². The third kappa shape index (κ3) is 15.9. The molecule has 1 unspecified atom stereocenters. The first-order valence-corrected chi connectivity index (χ1v) is 26.9. The van der Waals surface area contributed by atoms with E-state index in [9.17, 15) is 39.3 Å². The summed E-state index contributed by atoms with van der Waals surface area (Å²) in [6.45, 7) is 13.0. The highest BCUT2D eigenvalue weighted by molar-refractivity contribution is 6.39. The molecule has 400 valence electrons. The van der Waals surface area contributed by atoms with Crippen LogP contribution in [0.2, 0.25) is 5.02 Å². The van der Waals surface area contributed by atoms with Gasteiger partial charge in [0.15, 0.2) is 5.78 Å². The number of carbonyl (C=O) groups excluding carboxylic acids is 5. The molecule has 3 aliphatic heterocycles. The van der Waals surface area contributed by atoms with Gasteiger partial charge in [-0.2, -0.15) is 0 Å². The average Bonchev–Trinajstić information content (AvgIpc) is 3.36. The molecule has 13 nitrogen and oxygen atoms in total. The lowest BCUT2D eigenvalue weighted by Gasteiger charge is -2.43. The standard InChI is InChI=1S/C58H84ClNO12/c1-35-15-11-10-12-16-36(2)44(23-19-42-20-24-45(59)25-21-42)33-46-26-18-41(7)58(68,72-46)55(65)56(66)60-28-14-13-17-47(60)57(67)71-50(38(4)31-43-22-27-48(61)51(32-43)69-8)34-49(62)37(3)30-40(6)53(64)54(70-9)52(63)39(5)29-35/h10-12,15-16,20-21,24-25,30,35,37-39,41,43-44,46-48,50-51,53-54,61,64,68H,13-14,17-19,22-23,26-29,31-34H2,1-9H3/b12-10+,15-11+,36-16+,40-30+/t35-,37-,38-,39-,41-,43+,44?,46+,47+,48-,50+,51-,53-,54+,58-/m1/s1. The summed E-state index contributed by atoms with van der Waals surface area (Å²) in [5.74, 6) is -7.96. The number of fused-ring (bicyclic) bond motifs is 3. The van der Waals surface area contributed by atoms with Crippen molar-refractivity contribution in [2.75, 3.05) is 20.8 Å². The Kier molecular flexibility index (Phi) is 22.7. The molecule has 1 aliphatic carbocycles. The largest absolute Gasteiger partial charge is 0.460 e. The highest BCUT2D eigenvalue weighted by atomic mass is 35.5. The summed E-state index contributed by atoms with van der Waals surface area (Å²) >= 11 is 6.20. The number of hydrogen-bond donors (Lipinski definition) is 3. The first kappa shape index (κ1) is 59.1. The number of aliphatic hydroxyl groups is 3. The van der Waals surface area contributed by atoms with Crippen molar-refractivity contribution in [3.8, 4) is 0 Å². The Morgan fingerprint density at radius 1 is 0.861 bits per heavy atom. The molecule has 1 amide bonds. The molecule has 72 heavy (non-hydrogen) atoms. The monoisotopic (exact) mass is 1020 g/mol. The minimum atomic E-state index is -2.43. The fourth-order valence-electron chi connectivity index (χ4n) is 11.3. The molecule has 2 bridgehead atoms. The van der Waals surface area contributed by atoms with Crippen molar-refractivity contribution in [2.24, 2.45) is 41.4 Å². The fourth-order valence-corrected chi connectivity index (χ4v) is 11.4. The van der Waals surface area contributed by atoms with Gasteiger partial charge in [0, 0.05) is 50.0 Å². The van der Waals surface area contributed by atoms with Crippen molar-refractivity contribution in [2.45, 2.75) is 187 Å². The first-order valence-electron chi connectivity index (χ1n) is 26.6. The summed E-state index contributed by atoms with van der Waals surface area (Å²) in [4.78, 5) is 72.7. The molecule has 2 saturated heterocycles. The predicted molar refractivity (Wildman–Crippen MR) is 278 cm³/mol. The number of ketones is 3. The van der Waals surface area contributed by atoms with E-state index in [0.717, 1.165) is 30.4 Å². The smallest absolute Gasteiger partial charge is 0.329 e. The molecule has 15 atom stereocenters. The van der Waals surface area contributed by atoms with E-state index in [-0.39, 0.29) is 60.7 Å². The number of Topliss-reactive ketones (excluding diaryl/α,β-unsaturated/α-hetero) is 3. The minimum Gasteiger partial charge on any atom is -0.460 e. The number of amides is 1. The average molecular weight is 1020 g/mol. The molecule has 3 fully saturated rings. The Bertz CT molecular complexity index is 2120. The maximum absolute atomic E-state index is 14.5. The summed E-state index contributed by atoms with van der Waals surface area (Å²) in [6, 6.07) is 6.58. The molecule has 0 aromatic heterocycles. The van der Waals surface area contributed by atoms with Crippen molar-refractivity contribution in [3.05, 3.63) is 82.5 Å². The Morgan fingerprint density at radius 3 is 2.28 bits per heavy atom. The maximum atomic E-state index is 14.5. The summed E-state index contributed by atoms with van der Waals surface area (Å²) in [7, 11) is 2.96. The molecule has 14 heteroatoms. The third-order valence-electron chi connectivity index (χ3n) is 16.1. The lowest BCUT2D eigenvalue weighted by Crippen LogP contribution is -2.60. The number of cyclic esters (lactones) is 1. The SMILES string of the molecule is CO[C@@H]1C[C@H](C[C@@H](C)[C@@H]2CC(=O)[C@H](C)/C=C(\C)[C@@H](O)[C@@H](OC)C(=O)[C@H](C)C[C@H](C)/C=C/C=C/C=C(\C)C(CCc3ccc(Cl)cc3)C[C@@H]3CC[C@@H](C)[C@@](O)(O3)C(=O)C(=O)N3CCCC[C@H]3C(=O)O2)CC[C@H]1O. The number of carbonyl (C=O) groups is 5. The number of aryl methyl sites for hydroxylation is 1. The van der Waals surface area contributed by atoms with Crippen LogP contribution in [0.4, 0.5) is 0 Å². The Hall–Kier alpha value is -3.82. The number of benzene rings is 1. The van der Waals surface area contributed by atoms with Crippen molar-refractivity contribution >= 4 is 40.8 Å². The first-order chi connectivity index (χ1) is 34.2. The highest BCUT2D eigenvalue weighted by Crippen LogP contribution is 2.39. The zero-order valence-corrected chi connectivity index (χ0v) is 45.1. The molecular formula is C58H84ClNO12. The van der Waals surface area contributed by atoms with E-state index in [2.05, 4.69) is 6.92 Å². The van der Waals surface area contributed by atoms with Crippen LogP contribution >= 0.6 is 11.6 Å². The Labute approximate surface area is 433 Å². The molecule has 5 rings (SSSR count). The second kappa shape index (κ2) is 27.6. The molecule has 4 aliphatic rings. The van der Waals surface area contributed by atoms with Crippen molar-refractivity contribution in [3.63, 3.8) is 0 Å². The highest BCUT2D eigenvalue weighted by Gasteiger charge is 2.53. The number of piperidine rings is 1. The molecule has 0 radical (unpaired) electrons. The number of nitrogens with zero attached hydrogens (tertiary/aromatic N) is 1. The molecule has 1 aromatic carbocycles. The van der Waals surface area contributed by atoms with Gasteiger partial charge in [-0.15, -0.1) is 0 Å². The van der Waals surface area contributed by atoms with Gasteiger partial charge in [-0.05, 0) is 144 Å². The number of rotatable bonds is 8. The number of aliphatic hydroxyl groups excluding tert-OH is 2. The zero-order chi connectivity index (χ0) is 52.9. The molecule has 3 heterocycles. The van der Waals surface area contributed by atoms with Gasteiger partial charge in [0.05, 0.1) is 18.3 Å². The van der Waals surface area contributed by atoms with E-state index in [1.807, 2.05) is 75.4 Å². The van der Waals surface area contributed by atoms with E-state index >= 15 is 0 Å². The number of halogens is 1. The van der Waals surface area contributed by atoms with Gasteiger partial charge in [0.1, 0.15) is 30.1 Å². The molecule has 0 spiro atoms. The van der Waals surface area contributed by atoms with E-state index < -0.39 is 77.8 Å². The summed E-state index contributed by atoms with van der Waals surface area (Å²) in [5, 5.41) is 34.9. The van der Waals surface area contributed by atoms with Gasteiger partial charge in [0.25, 0.3) is 11.7 Å². The van der Waals surface area contributed by atoms with Gasteiger partial charge >= 0.3 is 5.97 Å². The topological polar surface area (TPSA) is 186 Å². The molecule has 1 saturated carbocycles. The second-order valence-electron chi connectivity index (χ2n) is 21.7. The van der Waals surface area contributed by atoms with Crippen LogP contribution in [0.5, 0.6) is 0 Å². The lowest BCUT2D eigenvalue weighted by molar-refractivity contribution is -0.264. The van der Waals surface area contributed by atoms with Crippen LogP contribution in [-0.4, -0.2) is 119 Å². The van der Waals surface area contributed by atoms with E-state index in [1.54, 1.807) is 34.0 Å². The van der Waals surface area contributed by atoms with Crippen molar-refractivity contribution in [1.82, 2.24) is 4.90 Å². The number of hydrogen-bond acceptors (Lipinski definition) is 12. The van der Waals surface area contributed by atoms with Gasteiger partial charge in [0.2, 0.25) is 5.79 Å². The second-order valence-corrected chi connectivity index (χ2v) is 22.2. The number of ether oxygens (including phenoxy) is 4.